The lowest BCUT2D eigenvalue weighted by molar-refractivity contribution is 0.682. The molecule has 0 bridgehead atoms. The maximum atomic E-state index is 12.0. The average molecular weight is 257 g/mol. The number of hydrogen-bond acceptors (Lipinski definition) is 3. The summed E-state index contributed by atoms with van der Waals surface area (Å²) in [5.41, 5.74) is 7.58. The Balaban J connectivity index is 2.55. The van der Waals surface area contributed by atoms with Gasteiger partial charge in [0.2, 0.25) is 0 Å². The Morgan fingerprint density at radius 1 is 1.44 bits per heavy atom. The van der Waals surface area contributed by atoms with Crippen LogP contribution in [0.5, 0.6) is 0 Å². The molecule has 0 aromatic heterocycles. The number of nitrogens with two attached hydrogens (primary N) is 1. The molecule has 0 radical (unpaired) electrons. The largest absolute Gasteiger partial charge is 0.398 e. The quantitative estimate of drug-likeness (QED) is 0.629. The van der Waals surface area contributed by atoms with E-state index in [1.807, 2.05) is 36.9 Å². The van der Waals surface area contributed by atoms with Crippen LogP contribution in [0.15, 0.2) is 23.1 Å². The van der Waals surface area contributed by atoms with E-state index in [1.165, 1.54) is 0 Å². The Morgan fingerprint density at radius 3 is 2.88 bits per heavy atom. The molecule has 0 heterocycles. The Bertz CT molecular complexity index is 366. The van der Waals surface area contributed by atoms with E-state index in [-0.39, 0.29) is 0 Å². The molecule has 2 N–H and O–H groups in total. The molecule has 4 heteroatoms. The van der Waals surface area contributed by atoms with Crippen LogP contribution in [0.3, 0.4) is 0 Å². The fraction of sp³-hybridized carbons (Fsp3) is 0.500. The van der Waals surface area contributed by atoms with Crippen LogP contribution in [0, 0.1) is 6.92 Å². The smallest absolute Gasteiger partial charge is 0.0620 e. The molecule has 0 saturated heterocycles. The van der Waals surface area contributed by atoms with E-state index in [0.29, 0.717) is 11.4 Å². The van der Waals surface area contributed by atoms with Gasteiger partial charge in [-0.05, 0) is 42.5 Å². The number of benzene rings is 1. The summed E-state index contributed by atoms with van der Waals surface area (Å²) in [5, 5.41) is 0. The fourth-order valence-corrected chi connectivity index (χ4v) is 3.48. The van der Waals surface area contributed by atoms with E-state index in [4.69, 9.17) is 5.73 Å². The number of nitrogen functional groups attached to an aromatic ring is 1. The third kappa shape index (κ3) is 4.18. The Kier molecular flexibility index (Phi) is 5.91. The molecule has 1 atom stereocenters. The predicted molar refractivity (Wildman–Crippen MR) is 74.5 cm³/mol. The van der Waals surface area contributed by atoms with Crippen LogP contribution in [0.4, 0.5) is 5.69 Å². The Labute approximate surface area is 104 Å². The molecule has 1 rings (SSSR count). The number of thioether (sulfide) groups is 1. The predicted octanol–water partition coefficient (Wildman–Crippen LogP) is 2.83. The molecule has 90 valence electrons. The Morgan fingerprint density at radius 2 is 2.19 bits per heavy atom. The maximum absolute atomic E-state index is 12.0. The first-order valence-corrected chi connectivity index (χ1v) is 7.94. The summed E-state index contributed by atoms with van der Waals surface area (Å²) in [6.45, 7) is 4.13. The second-order valence-corrected chi connectivity index (χ2v) is 6.57. The van der Waals surface area contributed by atoms with Crippen molar-refractivity contribution in [3.8, 4) is 0 Å². The van der Waals surface area contributed by atoms with Gasteiger partial charge in [-0.25, -0.2) is 0 Å². The van der Waals surface area contributed by atoms with Crippen LogP contribution >= 0.6 is 11.8 Å². The minimum absolute atomic E-state index is 0.645. The summed E-state index contributed by atoms with van der Waals surface area (Å²) in [5.74, 6) is 2.91. The lowest BCUT2D eigenvalue weighted by Crippen LogP contribution is -2.03. The minimum Gasteiger partial charge on any atom is -0.398 e. The SMILES string of the molecule is CCSCCCS(=O)c1cc(C)ccc1N. The van der Waals surface area contributed by atoms with E-state index >= 15 is 0 Å². The van der Waals surface area contributed by atoms with Crippen molar-refractivity contribution in [2.24, 2.45) is 0 Å². The van der Waals surface area contributed by atoms with Gasteiger partial charge in [0.25, 0.3) is 0 Å². The third-order valence-corrected chi connectivity index (χ3v) is 4.73. The van der Waals surface area contributed by atoms with Crippen LogP contribution in [-0.2, 0) is 10.8 Å². The normalized spacial score (nSPS) is 12.6. The molecule has 0 spiro atoms. The highest BCUT2D eigenvalue weighted by Crippen LogP contribution is 2.19. The van der Waals surface area contributed by atoms with Gasteiger partial charge in [-0.3, -0.25) is 4.21 Å². The molecular formula is C12H19NOS2. The van der Waals surface area contributed by atoms with E-state index in [2.05, 4.69) is 6.92 Å². The summed E-state index contributed by atoms with van der Waals surface area (Å²) < 4.78 is 12.0. The highest BCUT2D eigenvalue weighted by Gasteiger charge is 2.07. The molecule has 1 aromatic rings. The van der Waals surface area contributed by atoms with E-state index in [9.17, 15) is 4.21 Å². The molecule has 2 nitrogen and oxygen atoms in total. The van der Waals surface area contributed by atoms with Crippen molar-refractivity contribution >= 4 is 28.2 Å². The number of hydrogen-bond donors (Lipinski definition) is 1. The molecule has 1 aromatic carbocycles. The Hall–Kier alpha value is -0.480. The van der Waals surface area contributed by atoms with Gasteiger partial charge >= 0.3 is 0 Å². The van der Waals surface area contributed by atoms with E-state index < -0.39 is 10.8 Å². The lowest BCUT2D eigenvalue weighted by atomic mass is 10.2. The van der Waals surface area contributed by atoms with Gasteiger partial charge in [-0.1, -0.05) is 13.0 Å². The van der Waals surface area contributed by atoms with Gasteiger partial charge in [-0.15, -0.1) is 0 Å². The zero-order valence-corrected chi connectivity index (χ0v) is 11.5. The van der Waals surface area contributed by atoms with E-state index in [1.54, 1.807) is 0 Å². The molecule has 0 aliphatic carbocycles. The van der Waals surface area contributed by atoms with Crippen molar-refractivity contribution in [3.63, 3.8) is 0 Å². The second kappa shape index (κ2) is 6.97. The molecule has 0 fully saturated rings. The average Bonchev–Trinajstić information content (AvgIpc) is 2.27. The minimum atomic E-state index is -0.947. The van der Waals surface area contributed by atoms with Crippen molar-refractivity contribution in [3.05, 3.63) is 23.8 Å². The number of anilines is 1. The molecule has 0 amide bonds. The highest BCUT2D eigenvalue weighted by molar-refractivity contribution is 7.99. The third-order valence-electron chi connectivity index (χ3n) is 2.24. The molecule has 0 aliphatic rings. The van der Waals surface area contributed by atoms with Gasteiger partial charge in [0.1, 0.15) is 0 Å². The van der Waals surface area contributed by atoms with E-state index in [0.717, 1.165) is 28.4 Å². The second-order valence-electron chi connectivity index (χ2n) is 3.64. The zero-order valence-electron chi connectivity index (χ0n) is 9.86. The van der Waals surface area contributed by atoms with Crippen molar-refractivity contribution in [1.29, 1.82) is 0 Å². The van der Waals surface area contributed by atoms with Crippen molar-refractivity contribution in [2.45, 2.75) is 25.2 Å². The van der Waals surface area contributed by atoms with Crippen LogP contribution in [-0.4, -0.2) is 21.5 Å². The summed E-state index contributed by atoms with van der Waals surface area (Å²) in [6.07, 6.45) is 0.985. The van der Waals surface area contributed by atoms with Gasteiger partial charge in [-0.2, -0.15) is 11.8 Å². The number of aryl methyl sites for hydroxylation is 1. The standard InChI is InChI=1S/C12H19NOS2/c1-3-15-7-4-8-16(14)12-9-10(2)5-6-11(12)13/h5-6,9H,3-4,7-8,13H2,1-2H3. The summed E-state index contributed by atoms with van der Waals surface area (Å²) in [4.78, 5) is 0.793. The molecule has 16 heavy (non-hydrogen) atoms. The van der Waals surface area contributed by atoms with Crippen LogP contribution in [0.1, 0.15) is 18.9 Å². The van der Waals surface area contributed by atoms with Crippen molar-refractivity contribution in [1.82, 2.24) is 0 Å². The molecule has 1 unspecified atom stereocenters. The zero-order chi connectivity index (χ0) is 12.0. The van der Waals surface area contributed by atoms with Crippen LogP contribution in [0.2, 0.25) is 0 Å². The van der Waals surface area contributed by atoms with Crippen molar-refractivity contribution in [2.75, 3.05) is 23.0 Å². The van der Waals surface area contributed by atoms with Gasteiger partial charge in [0.15, 0.2) is 0 Å². The monoisotopic (exact) mass is 257 g/mol. The summed E-state index contributed by atoms with van der Waals surface area (Å²) >= 11 is 1.89. The van der Waals surface area contributed by atoms with Gasteiger partial charge in [0, 0.05) is 11.4 Å². The lowest BCUT2D eigenvalue weighted by Gasteiger charge is -2.06. The molecule has 0 aliphatic heterocycles. The maximum Gasteiger partial charge on any atom is 0.0620 e. The van der Waals surface area contributed by atoms with Crippen LogP contribution in [0.25, 0.3) is 0 Å². The van der Waals surface area contributed by atoms with Gasteiger partial charge in [0.05, 0.1) is 15.7 Å². The van der Waals surface area contributed by atoms with Crippen molar-refractivity contribution < 1.29 is 4.21 Å². The first-order chi connectivity index (χ1) is 7.65. The molecular weight excluding hydrogens is 238 g/mol. The summed E-state index contributed by atoms with van der Waals surface area (Å²) in [7, 11) is -0.947. The van der Waals surface area contributed by atoms with Crippen LogP contribution < -0.4 is 5.73 Å². The first-order valence-electron chi connectivity index (χ1n) is 5.47. The number of rotatable bonds is 6. The highest BCUT2D eigenvalue weighted by atomic mass is 32.2. The van der Waals surface area contributed by atoms with Gasteiger partial charge < -0.3 is 5.73 Å². The topological polar surface area (TPSA) is 43.1 Å². The molecule has 0 saturated carbocycles. The fourth-order valence-electron chi connectivity index (χ4n) is 1.39. The summed E-state index contributed by atoms with van der Waals surface area (Å²) in [6, 6.07) is 5.71. The first kappa shape index (κ1) is 13.6.